The van der Waals surface area contributed by atoms with Gasteiger partial charge >= 0.3 is 0 Å². The molecule has 0 atom stereocenters. The van der Waals surface area contributed by atoms with Gasteiger partial charge in [0, 0.05) is 6.20 Å². The van der Waals surface area contributed by atoms with Crippen molar-refractivity contribution in [1.29, 1.82) is 0 Å². The first-order chi connectivity index (χ1) is 10.1. The largest absolute Gasteiger partial charge is 0.491 e. The molecule has 0 radical (unpaired) electrons. The molecular weight excluding hydrogens is 286 g/mol. The number of benzene rings is 1. The Balaban J connectivity index is 2.00. The van der Waals surface area contributed by atoms with E-state index in [1.807, 2.05) is 51.1 Å². The second-order valence-corrected chi connectivity index (χ2v) is 5.50. The van der Waals surface area contributed by atoms with Gasteiger partial charge in [-0.05, 0) is 55.7 Å². The predicted octanol–water partition coefficient (Wildman–Crippen LogP) is 4.51. The van der Waals surface area contributed by atoms with Crippen molar-refractivity contribution in [3.05, 3.63) is 47.2 Å². The van der Waals surface area contributed by atoms with Crippen LogP contribution in [0.1, 0.15) is 19.4 Å². The Hall–Kier alpha value is -1.58. The zero-order valence-corrected chi connectivity index (χ0v) is 13.4. The first-order valence-electron chi connectivity index (χ1n) is 7.03. The molecule has 0 saturated heterocycles. The average Bonchev–Trinajstić information content (AvgIpc) is 2.47. The summed E-state index contributed by atoms with van der Waals surface area (Å²) in [5.41, 5.74) is 3.28. The van der Waals surface area contributed by atoms with Crippen LogP contribution in [-0.2, 0) is 4.74 Å². The third-order valence-electron chi connectivity index (χ3n) is 3.04. The second-order valence-electron chi connectivity index (χ2n) is 5.11. The fourth-order valence-electron chi connectivity index (χ4n) is 1.98. The van der Waals surface area contributed by atoms with E-state index >= 15 is 0 Å². The monoisotopic (exact) mass is 305 g/mol. The lowest BCUT2D eigenvalue weighted by Crippen LogP contribution is -2.11. The standard InChI is InChI=1S/C17H20ClNO2/c1-12(2)20-8-9-21-15-6-4-14(5-7-15)16-10-17(18)19-11-13(16)3/h4-7,10-12H,8-9H2,1-3H3. The number of pyridine rings is 1. The summed E-state index contributed by atoms with van der Waals surface area (Å²) in [6.45, 7) is 7.19. The number of hydrogen-bond donors (Lipinski definition) is 0. The Kier molecular flexibility index (Phi) is 5.59. The molecule has 0 N–H and O–H groups in total. The highest BCUT2D eigenvalue weighted by atomic mass is 35.5. The van der Waals surface area contributed by atoms with Gasteiger partial charge in [0.25, 0.3) is 0 Å². The van der Waals surface area contributed by atoms with Gasteiger partial charge < -0.3 is 9.47 Å². The Labute approximate surface area is 130 Å². The molecule has 0 spiro atoms. The van der Waals surface area contributed by atoms with Gasteiger partial charge in [-0.2, -0.15) is 0 Å². The highest BCUT2D eigenvalue weighted by molar-refractivity contribution is 6.29. The Morgan fingerprint density at radius 1 is 1.14 bits per heavy atom. The molecule has 3 nitrogen and oxygen atoms in total. The summed E-state index contributed by atoms with van der Waals surface area (Å²) in [6.07, 6.45) is 2.01. The number of nitrogens with zero attached hydrogens (tertiary/aromatic N) is 1. The van der Waals surface area contributed by atoms with Crippen molar-refractivity contribution in [2.45, 2.75) is 26.9 Å². The van der Waals surface area contributed by atoms with Crippen LogP contribution in [0.3, 0.4) is 0 Å². The van der Waals surface area contributed by atoms with Crippen molar-refractivity contribution in [3.63, 3.8) is 0 Å². The summed E-state index contributed by atoms with van der Waals surface area (Å²) < 4.78 is 11.1. The van der Waals surface area contributed by atoms with Gasteiger partial charge in [0.2, 0.25) is 0 Å². The Bertz CT molecular complexity index is 582. The molecule has 0 aliphatic rings. The molecule has 2 aromatic rings. The third kappa shape index (κ3) is 4.73. The van der Waals surface area contributed by atoms with Crippen molar-refractivity contribution in [3.8, 4) is 16.9 Å². The highest BCUT2D eigenvalue weighted by Gasteiger charge is 2.04. The Morgan fingerprint density at radius 2 is 1.86 bits per heavy atom. The minimum Gasteiger partial charge on any atom is -0.491 e. The molecule has 0 fully saturated rings. The van der Waals surface area contributed by atoms with Gasteiger partial charge in [-0.3, -0.25) is 0 Å². The fraction of sp³-hybridized carbons (Fsp3) is 0.353. The summed E-state index contributed by atoms with van der Waals surface area (Å²) in [5, 5.41) is 0.502. The third-order valence-corrected chi connectivity index (χ3v) is 3.25. The van der Waals surface area contributed by atoms with Gasteiger partial charge in [0.1, 0.15) is 17.5 Å². The maximum absolute atomic E-state index is 5.96. The van der Waals surface area contributed by atoms with E-state index in [1.54, 1.807) is 6.20 Å². The van der Waals surface area contributed by atoms with E-state index in [4.69, 9.17) is 21.1 Å². The second kappa shape index (κ2) is 7.43. The fourth-order valence-corrected chi connectivity index (χ4v) is 2.14. The molecule has 0 bridgehead atoms. The van der Waals surface area contributed by atoms with Crippen LogP contribution in [0, 0.1) is 6.92 Å². The number of aromatic nitrogens is 1. The van der Waals surface area contributed by atoms with E-state index in [-0.39, 0.29) is 6.10 Å². The molecule has 0 saturated carbocycles. The molecule has 21 heavy (non-hydrogen) atoms. The van der Waals surface area contributed by atoms with Gasteiger partial charge in [0.15, 0.2) is 0 Å². The summed E-state index contributed by atoms with van der Waals surface area (Å²) >= 11 is 5.96. The number of hydrogen-bond acceptors (Lipinski definition) is 3. The maximum Gasteiger partial charge on any atom is 0.129 e. The summed E-state index contributed by atoms with van der Waals surface area (Å²) in [4.78, 5) is 4.07. The molecule has 1 heterocycles. The topological polar surface area (TPSA) is 31.4 Å². The molecular formula is C17H20ClNO2. The van der Waals surface area contributed by atoms with Gasteiger partial charge in [-0.25, -0.2) is 4.98 Å². The molecule has 2 rings (SSSR count). The van der Waals surface area contributed by atoms with Crippen LogP contribution in [0.4, 0.5) is 0 Å². The zero-order valence-electron chi connectivity index (χ0n) is 12.6. The number of aryl methyl sites for hydroxylation is 1. The van der Waals surface area contributed by atoms with Gasteiger partial charge in [-0.15, -0.1) is 0 Å². The predicted molar refractivity (Wildman–Crippen MR) is 86.0 cm³/mol. The smallest absolute Gasteiger partial charge is 0.129 e. The minimum absolute atomic E-state index is 0.232. The SMILES string of the molecule is Cc1cnc(Cl)cc1-c1ccc(OCCOC(C)C)cc1. The maximum atomic E-state index is 5.96. The number of halogens is 1. The van der Waals surface area contributed by atoms with Crippen LogP contribution in [0.2, 0.25) is 5.15 Å². The van der Waals surface area contributed by atoms with E-state index < -0.39 is 0 Å². The van der Waals surface area contributed by atoms with Gasteiger partial charge in [0.05, 0.1) is 12.7 Å². The normalized spacial score (nSPS) is 10.9. The zero-order chi connectivity index (χ0) is 15.2. The van der Waals surface area contributed by atoms with Crippen molar-refractivity contribution < 1.29 is 9.47 Å². The summed E-state index contributed by atoms with van der Waals surface area (Å²) in [5.74, 6) is 0.837. The first kappa shape index (κ1) is 15.8. The van der Waals surface area contributed by atoms with Crippen molar-refractivity contribution in [1.82, 2.24) is 4.98 Å². The molecule has 0 unspecified atom stereocenters. The number of ether oxygens (including phenoxy) is 2. The summed E-state index contributed by atoms with van der Waals surface area (Å²) in [7, 11) is 0. The summed E-state index contributed by atoms with van der Waals surface area (Å²) in [6, 6.07) is 9.84. The van der Waals surface area contributed by atoms with Crippen LogP contribution in [0.25, 0.3) is 11.1 Å². The quantitative estimate of drug-likeness (QED) is 0.581. The Morgan fingerprint density at radius 3 is 2.52 bits per heavy atom. The van der Waals surface area contributed by atoms with Crippen molar-refractivity contribution in [2.75, 3.05) is 13.2 Å². The first-order valence-corrected chi connectivity index (χ1v) is 7.41. The minimum atomic E-state index is 0.232. The molecule has 1 aromatic heterocycles. The van der Waals surface area contributed by atoms with E-state index in [0.717, 1.165) is 22.4 Å². The molecule has 4 heteroatoms. The lowest BCUT2D eigenvalue weighted by molar-refractivity contribution is 0.0553. The van der Waals surface area contributed by atoms with Gasteiger partial charge in [-0.1, -0.05) is 23.7 Å². The highest BCUT2D eigenvalue weighted by Crippen LogP contribution is 2.26. The average molecular weight is 306 g/mol. The molecule has 0 aliphatic carbocycles. The van der Waals surface area contributed by atoms with E-state index in [1.165, 1.54) is 0 Å². The van der Waals surface area contributed by atoms with E-state index in [9.17, 15) is 0 Å². The number of rotatable bonds is 6. The van der Waals surface area contributed by atoms with E-state index in [0.29, 0.717) is 18.4 Å². The molecule has 0 amide bonds. The van der Waals surface area contributed by atoms with E-state index in [2.05, 4.69) is 4.98 Å². The van der Waals surface area contributed by atoms with Crippen molar-refractivity contribution >= 4 is 11.6 Å². The molecule has 1 aromatic carbocycles. The lowest BCUT2D eigenvalue weighted by atomic mass is 10.0. The van der Waals surface area contributed by atoms with Crippen LogP contribution >= 0.6 is 11.6 Å². The van der Waals surface area contributed by atoms with Crippen molar-refractivity contribution in [2.24, 2.45) is 0 Å². The van der Waals surface area contributed by atoms with Crippen LogP contribution in [-0.4, -0.2) is 24.3 Å². The van der Waals surface area contributed by atoms with Crippen LogP contribution in [0.5, 0.6) is 5.75 Å². The van der Waals surface area contributed by atoms with Crippen LogP contribution in [0.15, 0.2) is 36.5 Å². The van der Waals surface area contributed by atoms with Crippen LogP contribution < -0.4 is 4.74 Å². The lowest BCUT2D eigenvalue weighted by Gasteiger charge is -2.10. The molecule has 112 valence electrons. The molecule has 0 aliphatic heterocycles.